The summed E-state index contributed by atoms with van der Waals surface area (Å²) in [6.45, 7) is 0.563. The Morgan fingerprint density at radius 1 is 1.17 bits per heavy atom. The molecule has 0 N–H and O–H groups in total. The average Bonchev–Trinajstić information content (AvgIpc) is 2.97. The number of hydrogen-bond acceptors (Lipinski definition) is 3. The van der Waals surface area contributed by atoms with Crippen molar-refractivity contribution in [3.8, 4) is 6.07 Å². The molecule has 0 atom stereocenters. The highest BCUT2D eigenvalue weighted by Crippen LogP contribution is 2.29. The molecule has 0 saturated heterocycles. The van der Waals surface area contributed by atoms with Gasteiger partial charge in [0.25, 0.3) is 5.91 Å². The van der Waals surface area contributed by atoms with Gasteiger partial charge in [0.05, 0.1) is 16.5 Å². The van der Waals surface area contributed by atoms with Crippen LogP contribution in [0.15, 0.2) is 30.3 Å². The third-order valence-electron chi connectivity index (χ3n) is 4.56. The summed E-state index contributed by atoms with van der Waals surface area (Å²) < 4.78 is 0. The van der Waals surface area contributed by atoms with Crippen LogP contribution in [-0.2, 0) is 19.4 Å². The molecular weight excluding hydrogens is 316 g/mol. The molecule has 1 amide bonds. The van der Waals surface area contributed by atoms with Crippen LogP contribution in [0.4, 0.5) is 0 Å². The minimum absolute atomic E-state index is 0.0936. The number of thiophene rings is 1. The first-order valence-corrected chi connectivity index (χ1v) is 9.35. The van der Waals surface area contributed by atoms with Crippen LogP contribution in [0.3, 0.4) is 0 Å². The van der Waals surface area contributed by atoms with Crippen LogP contribution in [0.25, 0.3) is 0 Å². The molecule has 1 heterocycles. The van der Waals surface area contributed by atoms with Crippen LogP contribution >= 0.6 is 11.3 Å². The van der Waals surface area contributed by atoms with Crippen molar-refractivity contribution < 1.29 is 4.79 Å². The van der Waals surface area contributed by atoms with E-state index in [0.29, 0.717) is 12.1 Å². The van der Waals surface area contributed by atoms with Crippen molar-refractivity contribution in [2.45, 2.75) is 45.1 Å². The van der Waals surface area contributed by atoms with E-state index in [9.17, 15) is 4.79 Å². The zero-order valence-corrected chi connectivity index (χ0v) is 14.9. The molecule has 0 bridgehead atoms. The van der Waals surface area contributed by atoms with Crippen LogP contribution in [-0.4, -0.2) is 17.9 Å². The van der Waals surface area contributed by atoms with E-state index in [1.54, 1.807) is 28.4 Å². The zero-order chi connectivity index (χ0) is 16.9. The molecule has 1 aliphatic rings. The van der Waals surface area contributed by atoms with E-state index in [1.165, 1.54) is 36.1 Å². The Kier molecular flexibility index (Phi) is 5.32. The largest absolute Gasteiger partial charge is 0.337 e. The number of amides is 1. The van der Waals surface area contributed by atoms with E-state index in [0.717, 1.165) is 23.3 Å². The average molecular weight is 338 g/mol. The predicted octanol–water partition coefficient (Wildman–Crippen LogP) is 4.55. The molecule has 0 spiro atoms. The van der Waals surface area contributed by atoms with Crippen molar-refractivity contribution >= 4 is 17.2 Å². The topological polar surface area (TPSA) is 44.1 Å². The zero-order valence-electron chi connectivity index (χ0n) is 14.0. The van der Waals surface area contributed by atoms with E-state index in [1.807, 2.05) is 19.2 Å². The smallest absolute Gasteiger partial charge is 0.263 e. The van der Waals surface area contributed by atoms with Crippen LogP contribution in [0.1, 0.15) is 56.9 Å². The van der Waals surface area contributed by atoms with Crippen LogP contribution in [0.2, 0.25) is 0 Å². The molecule has 0 aliphatic heterocycles. The van der Waals surface area contributed by atoms with Crippen LogP contribution < -0.4 is 0 Å². The van der Waals surface area contributed by atoms with Gasteiger partial charge in [0, 0.05) is 18.5 Å². The minimum atomic E-state index is 0.0936. The van der Waals surface area contributed by atoms with Crippen LogP contribution in [0.5, 0.6) is 0 Å². The van der Waals surface area contributed by atoms with Crippen LogP contribution in [0, 0.1) is 11.3 Å². The number of nitriles is 1. The minimum Gasteiger partial charge on any atom is -0.337 e. The van der Waals surface area contributed by atoms with Gasteiger partial charge in [-0.1, -0.05) is 25.0 Å². The molecule has 24 heavy (non-hydrogen) atoms. The van der Waals surface area contributed by atoms with Gasteiger partial charge in [-0.15, -0.1) is 11.3 Å². The molecule has 1 aromatic heterocycles. The maximum absolute atomic E-state index is 12.7. The molecule has 124 valence electrons. The lowest BCUT2D eigenvalue weighted by molar-refractivity contribution is 0.0790. The van der Waals surface area contributed by atoms with Gasteiger partial charge < -0.3 is 4.90 Å². The summed E-state index contributed by atoms with van der Waals surface area (Å²) in [5.41, 5.74) is 3.07. The highest BCUT2D eigenvalue weighted by molar-refractivity contribution is 7.14. The van der Waals surface area contributed by atoms with Crippen molar-refractivity contribution in [3.63, 3.8) is 0 Å². The first kappa shape index (κ1) is 16.7. The summed E-state index contributed by atoms with van der Waals surface area (Å²) >= 11 is 1.68. The first-order chi connectivity index (χ1) is 11.7. The SMILES string of the molecule is CN(Cc1ccc(C#N)cc1)C(=O)c1cc2c(s1)CCCCCC2. The molecule has 0 saturated carbocycles. The number of hydrogen-bond donors (Lipinski definition) is 0. The van der Waals surface area contributed by atoms with Crippen molar-refractivity contribution in [1.82, 2.24) is 4.90 Å². The Morgan fingerprint density at radius 3 is 2.58 bits per heavy atom. The lowest BCUT2D eigenvalue weighted by atomic mass is 10.00. The predicted molar refractivity (Wildman–Crippen MR) is 97.1 cm³/mol. The number of carbonyl (C=O) groups excluding carboxylic acids is 1. The Morgan fingerprint density at radius 2 is 1.88 bits per heavy atom. The van der Waals surface area contributed by atoms with E-state index in [4.69, 9.17) is 5.26 Å². The first-order valence-electron chi connectivity index (χ1n) is 8.53. The highest BCUT2D eigenvalue weighted by Gasteiger charge is 2.18. The summed E-state index contributed by atoms with van der Waals surface area (Å²) in [7, 11) is 1.84. The van der Waals surface area contributed by atoms with Gasteiger partial charge in [-0.25, -0.2) is 0 Å². The number of nitrogens with zero attached hydrogens (tertiary/aromatic N) is 2. The summed E-state index contributed by atoms with van der Waals surface area (Å²) in [5.74, 6) is 0.0936. The molecule has 2 aromatic rings. The van der Waals surface area contributed by atoms with E-state index >= 15 is 0 Å². The van der Waals surface area contributed by atoms with Gasteiger partial charge in [0.2, 0.25) is 0 Å². The highest BCUT2D eigenvalue weighted by atomic mass is 32.1. The van der Waals surface area contributed by atoms with Crippen molar-refractivity contribution in [3.05, 3.63) is 56.8 Å². The molecule has 1 aliphatic carbocycles. The molecule has 0 radical (unpaired) electrons. The Hall–Kier alpha value is -2.12. The van der Waals surface area contributed by atoms with Gasteiger partial charge >= 0.3 is 0 Å². The maximum Gasteiger partial charge on any atom is 0.263 e. The number of aryl methyl sites for hydroxylation is 2. The second-order valence-corrected chi connectivity index (χ2v) is 7.58. The van der Waals surface area contributed by atoms with Gasteiger partial charge in [0.15, 0.2) is 0 Å². The Labute approximate surface area is 147 Å². The molecule has 4 heteroatoms. The fourth-order valence-electron chi connectivity index (χ4n) is 3.17. The number of carbonyl (C=O) groups is 1. The Bertz CT molecular complexity index is 729. The fraction of sp³-hybridized carbons (Fsp3) is 0.400. The lowest BCUT2D eigenvalue weighted by Gasteiger charge is -2.16. The summed E-state index contributed by atoms with van der Waals surface area (Å²) in [5, 5.41) is 8.85. The second-order valence-electron chi connectivity index (χ2n) is 6.44. The second kappa shape index (κ2) is 7.63. The van der Waals surface area contributed by atoms with Crippen molar-refractivity contribution in [2.24, 2.45) is 0 Å². The molecule has 3 rings (SSSR count). The van der Waals surface area contributed by atoms with Gasteiger partial charge in [-0.05, 0) is 55.0 Å². The number of rotatable bonds is 3. The summed E-state index contributed by atoms with van der Waals surface area (Å²) in [6, 6.07) is 11.6. The van der Waals surface area contributed by atoms with Gasteiger partial charge in [0.1, 0.15) is 0 Å². The van der Waals surface area contributed by atoms with E-state index < -0.39 is 0 Å². The molecule has 0 unspecified atom stereocenters. The fourth-order valence-corrected chi connectivity index (χ4v) is 4.42. The van der Waals surface area contributed by atoms with Crippen molar-refractivity contribution in [2.75, 3.05) is 7.05 Å². The standard InChI is InChI=1S/C20H22N2OS/c1-22(14-16-10-8-15(13-21)9-11-16)20(23)19-12-17-6-4-2-3-5-7-18(17)24-19/h8-12H,2-7,14H2,1H3. The van der Waals surface area contributed by atoms with Crippen molar-refractivity contribution in [1.29, 1.82) is 5.26 Å². The molecule has 0 fully saturated rings. The molecule has 3 nitrogen and oxygen atoms in total. The lowest BCUT2D eigenvalue weighted by Crippen LogP contribution is -2.25. The quantitative estimate of drug-likeness (QED) is 0.824. The summed E-state index contributed by atoms with van der Waals surface area (Å²) in [6.07, 6.45) is 7.31. The number of benzene rings is 1. The number of fused-ring (bicyclic) bond motifs is 1. The summed E-state index contributed by atoms with van der Waals surface area (Å²) in [4.78, 5) is 16.8. The third-order valence-corrected chi connectivity index (χ3v) is 5.78. The normalized spacial score (nSPS) is 14.2. The Balaban J connectivity index is 1.70. The van der Waals surface area contributed by atoms with E-state index in [-0.39, 0.29) is 5.91 Å². The van der Waals surface area contributed by atoms with Gasteiger partial charge in [-0.2, -0.15) is 5.26 Å². The molecular formula is C20H22N2OS. The molecule has 1 aromatic carbocycles. The van der Waals surface area contributed by atoms with Gasteiger partial charge in [-0.3, -0.25) is 4.79 Å². The maximum atomic E-state index is 12.7. The van der Waals surface area contributed by atoms with E-state index in [2.05, 4.69) is 12.1 Å². The monoisotopic (exact) mass is 338 g/mol. The third kappa shape index (κ3) is 3.85.